The molecule has 0 aromatic rings. The molecule has 0 amide bonds. The lowest BCUT2D eigenvalue weighted by Gasteiger charge is -2.59. The van der Waals surface area contributed by atoms with E-state index in [1.165, 1.54) is 0 Å². The summed E-state index contributed by atoms with van der Waals surface area (Å²) in [7, 11) is 0. The predicted molar refractivity (Wildman–Crippen MR) is 84.1 cm³/mol. The van der Waals surface area contributed by atoms with Gasteiger partial charge in [-0.05, 0) is 73.1 Å². The van der Waals surface area contributed by atoms with E-state index in [1.807, 2.05) is 0 Å². The lowest BCUT2D eigenvalue weighted by Crippen LogP contribution is -2.57. The summed E-state index contributed by atoms with van der Waals surface area (Å²) in [5, 5.41) is 21.8. The van der Waals surface area contributed by atoms with Crippen LogP contribution in [0, 0.1) is 28.6 Å². The molecule has 3 saturated carbocycles. The Kier molecular flexibility index (Phi) is 1.91. The van der Waals surface area contributed by atoms with Crippen molar-refractivity contribution in [2.75, 3.05) is 0 Å². The van der Waals surface area contributed by atoms with Crippen molar-refractivity contribution < 1.29 is 24.6 Å². The molecule has 0 aromatic heterocycles. The molecule has 3 nitrogen and oxygen atoms in total. The fraction of sp³-hybridized carbons (Fsp3) is 0.842. The van der Waals surface area contributed by atoms with E-state index in [2.05, 4.69) is 0 Å². The summed E-state index contributed by atoms with van der Waals surface area (Å²) >= 11 is 0. The topological polar surface area (TPSA) is 57.5 Å². The first-order chi connectivity index (χ1) is 13.0. The van der Waals surface area contributed by atoms with Gasteiger partial charge in [-0.2, -0.15) is 0 Å². The fourth-order valence-corrected chi connectivity index (χ4v) is 5.49. The van der Waals surface area contributed by atoms with E-state index in [9.17, 15) is 15.0 Å². The Bertz CT molecular complexity index is 810. The van der Waals surface area contributed by atoms with Gasteiger partial charge >= 0.3 is 0 Å². The monoisotopic (exact) mass is 311 g/mol. The minimum absolute atomic E-state index is 0.0319. The summed E-state index contributed by atoms with van der Waals surface area (Å²) in [5.41, 5.74) is -2.18. The third-order valence-corrected chi connectivity index (χ3v) is 6.72. The highest BCUT2D eigenvalue weighted by molar-refractivity contribution is 5.91. The number of allylic oxidation sites excluding steroid dienone is 1. The van der Waals surface area contributed by atoms with Crippen molar-refractivity contribution in [3.63, 3.8) is 0 Å². The summed E-state index contributed by atoms with van der Waals surface area (Å²) < 4.78 is 58.3. The molecule has 4 rings (SSSR count). The third-order valence-electron chi connectivity index (χ3n) is 6.72. The van der Waals surface area contributed by atoms with Gasteiger partial charge in [-0.1, -0.05) is 19.4 Å². The number of aliphatic hydroxyl groups is 2. The standard InChI is InChI=1S/C19H28O3/c1-18-8-7-12(20)9-11(18)3-4-13-14-5-6-16(22)19(14,2)10-15(21)17(13)18/h9,13-17,21-22H,3-8,10H2,1-2H3/t13?,14?,15?,16-,17?,18?,19?/m0/s1/i3D2,6D2,7D2,9D. The number of carbonyl (C=O) groups excluding carboxylic acids is 1. The van der Waals surface area contributed by atoms with E-state index in [4.69, 9.17) is 9.60 Å². The molecule has 0 aliphatic heterocycles. The van der Waals surface area contributed by atoms with Gasteiger partial charge in [0.25, 0.3) is 0 Å². The van der Waals surface area contributed by atoms with Crippen LogP contribution in [0.15, 0.2) is 11.6 Å². The Morgan fingerprint density at radius 2 is 2.09 bits per heavy atom. The van der Waals surface area contributed by atoms with E-state index in [0.717, 1.165) is 0 Å². The summed E-state index contributed by atoms with van der Waals surface area (Å²) in [6.07, 6.45) is -8.74. The van der Waals surface area contributed by atoms with Gasteiger partial charge < -0.3 is 10.2 Å². The van der Waals surface area contributed by atoms with Crippen LogP contribution in [0.2, 0.25) is 0 Å². The number of rotatable bonds is 0. The molecule has 22 heavy (non-hydrogen) atoms. The molecule has 7 atom stereocenters. The van der Waals surface area contributed by atoms with Gasteiger partial charge in [0.05, 0.1) is 13.6 Å². The first-order valence-corrected chi connectivity index (χ1v) is 8.12. The lowest BCUT2D eigenvalue weighted by molar-refractivity contribution is -0.142. The van der Waals surface area contributed by atoms with Crippen molar-refractivity contribution in [1.29, 1.82) is 0 Å². The van der Waals surface area contributed by atoms with Crippen LogP contribution < -0.4 is 0 Å². The second-order valence-electron chi connectivity index (χ2n) is 7.87. The van der Waals surface area contributed by atoms with Crippen molar-refractivity contribution in [1.82, 2.24) is 0 Å². The molecule has 6 unspecified atom stereocenters. The van der Waals surface area contributed by atoms with Gasteiger partial charge in [0.15, 0.2) is 5.78 Å². The van der Waals surface area contributed by atoms with Crippen LogP contribution in [-0.4, -0.2) is 28.2 Å². The zero-order valence-electron chi connectivity index (χ0n) is 20.0. The normalized spacial score (nSPS) is 66.3. The lowest BCUT2D eigenvalue weighted by atomic mass is 9.46. The van der Waals surface area contributed by atoms with Crippen molar-refractivity contribution >= 4 is 5.78 Å². The summed E-state index contributed by atoms with van der Waals surface area (Å²) in [5.74, 6) is -2.50. The second-order valence-corrected chi connectivity index (χ2v) is 7.87. The smallest absolute Gasteiger partial charge is 0.155 e. The van der Waals surface area contributed by atoms with Crippen LogP contribution in [-0.2, 0) is 4.79 Å². The summed E-state index contributed by atoms with van der Waals surface area (Å²) in [6, 6.07) is -0.630. The molecule has 0 bridgehead atoms. The van der Waals surface area contributed by atoms with Crippen LogP contribution in [0.3, 0.4) is 0 Å². The maximum absolute atomic E-state index is 12.4. The van der Waals surface area contributed by atoms with Gasteiger partial charge in [0.1, 0.15) is 0 Å². The highest BCUT2D eigenvalue weighted by atomic mass is 16.3. The second kappa shape index (κ2) is 4.67. The number of fused-ring (bicyclic) bond motifs is 5. The van der Waals surface area contributed by atoms with Crippen molar-refractivity contribution in [2.45, 2.75) is 70.9 Å². The fourth-order valence-electron chi connectivity index (χ4n) is 5.49. The Morgan fingerprint density at radius 1 is 1.32 bits per heavy atom. The van der Waals surface area contributed by atoms with Crippen molar-refractivity contribution in [3.8, 4) is 0 Å². The molecule has 0 heterocycles. The SMILES string of the molecule is [2H]C1=C2C([2H])([2H])CC3C(C(O)CC4(C)C3CC([2H])([2H])[C@@H]4O)C2(C)CC([2H])([2H])C1=O. The van der Waals surface area contributed by atoms with Crippen LogP contribution >= 0.6 is 0 Å². The minimum atomic E-state index is -2.32. The first kappa shape index (κ1) is 8.98. The number of hydrogen-bond acceptors (Lipinski definition) is 3. The molecule has 0 saturated heterocycles. The maximum atomic E-state index is 12.4. The zero-order chi connectivity index (χ0) is 21.9. The Hall–Kier alpha value is -0.670. The van der Waals surface area contributed by atoms with Gasteiger partial charge in [0, 0.05) is 14.6 Å². The molecule has 0 radical (unpaired) electrons. The predicted octanol–water partition coefficient (Wildman–Crippen LogP) is 2.85. The van der Waals surface area contributed by atoms with E-state index < -0.39 is 65.8 Å². The van der Waals surface area contributed by atoms with Crippen molar-refractivity contribution in [2.24, 2.45) is 28.6 Å². The molecule has 0 aromatic carbocycles. The molecule has 4 aliphatic rings. The molecular formula is C19H28O3. The van der Waals surface area contributed by atoms with Crippen molar-refractivity contribution in [3.05, 3.63) is 11.6 Å². The quantitative estimate of drug-likeness (QED) is 0.723. The Labute approximate surface area is 142 Å². The molecule has 2 N–H and O–H groups in total. The van der Waals surface area contributed by atoms with E-state index in [1.54, 1.807) is 13.8 Å². The maximum Gasteiger partial charge on any atom is 0.155 e. The van der Waals surface area contributed by atoms with Gasteiger partial charge in [-0.25, -0.2) is 0 Å². The number of hydrogen-bond donors (Lipinski definition) is 2. The number of carbonyl (C=O) groups is 1. The summed E-state index contributed by atoms with van der Waals surface area (Å²) in [4.78, 5) is 12.4. The first-order valence-electron chi connectivity index (χ1n) is 11.6. The third kappa shape index (κ3) is 1.78. The average molecular weight is 311 g/mol. The summed E-state index contributed by atoms with van der Waals surface area (Å²) in [6.45, 7) is 3.39. The van der Waals surface area contributed by atoms with Crippen LogP contribution in [0.5, 0.6) is 0 Å². The molecule has 3 heteroatoms. The van der Waals surface area contributed by atoms with Crippen LogP contribution in [0.25, 0.3) is 0 Å². The molecule has 4 aliphatic carbocycles. The minimum Gasteiger partial charge on any atom is -0.393 e. The zero-order valence-corrected chi connectivity index (χ0v) is 13.0. The molecule has 122 valence electrons. The largest absolute Gasteiger partial charge is 0.393 e. The average Bonchev–Trinajstić information content (AvgIpc) is 2.71. The Morgan fingerprint density at radius 3 is 2.86 bits per heavy atom. The molecule has 3 fully saturated rings. The van der Waals surface area contributed by atoms with E-state index in [-0.39, 0.29) is 37.2 Å². The van der Waals surface area contributed by atoms with Crippen LogP contribution in [0.4, 0.5) is 0 Å². The number of aliphatic hydroxyl groups excluding tert-OH is 2. The Balaban J connectivity index is 1.90. The highest BCUT2D eigenvalue weighted by Crippen LogP contribution is 2.65. The van der Waals surface area contributed by atoms with E-state index in [0.29, 0.717) is 0 Å². The van der Waals surface area contributed by atoms with E-state index >= 15 is 0 Å². The number of ketones is 1. The molecule has 0 spiro atoms. The van der Waals surface area contributed by atoms with Gasteiger partial charge in [-0.3, -0.25) is 4.79 Å². The van der Waals surface area contributed by atoms with Gasteiger partial charge in [-0.15, -0.1) is 0 Å². The van der Waals surface area contributed by atoms with Crippen LogP contribution in [0.1, 0.15) is 68.2 Å². The molecular weight excluding hydrogens is 276 g/mol. The van der Waals surface area contributed by atoms with Gasteiger partial charge in [0.2, 0.25) is 0 Å². The highest BCUT2D eigenvalue weighted by Gasteiger charge is 2.61.